The van der Waals surface area contributed by atoms with Crippen LogP contribution in [0.4, 0.5) is 11.4 Å². The fraction of sp³-hybridized carbons (Fsp3) is 0.500. The van der Waals surface area contributed by atoms with Crippen LogP contribution in [0.1, 0.15) is 13.8 Å². The second-order valence-electron chi connectivity index (χ2n) is 4.73. The molecule has 1 heterocycles. The van der Waals surface area contributed by atoms with Gasteiger partial charge in [-0.1, -0.05) is 11.6 Å². The van der Waals surface area contributed by atoms with Gasteiger partial charge in [-0.05, 0) is 32.0 Å². The van der Waals surface area contributed by atoms with Crippen LogP contribution in [0.25, 0.3) is 0 Å². The van der Waals surface area contributed by atoms with Crippen LogP contribution < -0.4 is 10.6 Å². The lowest BCUT2D eigenvalue weighted by Crippen LogP contribution is -2.43. The Morgan fingerprint density at radius 1 is 1.44 bits per heavy atom. The minimum Gasteiger partial charge on any atom is -0.397 e. The van der Waals surface area contributed by atoms with Crippen molar-refractivity contribution in [3.8, 4) is 0 Å². The van der Waals surface area contributed by atoms with Gasteiger partial charge < -0.3 is 10.6 Å². The Hall–Kier alpha value is -0.540. The number of benzene rings is 1. The molecular weight excluding hydrogens is 240 g/mol. The van der Waals surface area contributed by atoms with Crippen molar-refractivity contribution in [1.82, 2.24) is 0 Å². The molecule has 2 nitrogen and oxygen atoms in total. The van der Waals surface area contributed by atoms with E-state index in [-0.39, 0.29) is 0 Å². The van der Waals surface area contributed by atoms with Gasteiger partial charge in [0.25, 0.3) is 0 Å². The van der Waals surface area contributed by atoms with Gasteiger partial charge in [0.15, 0.2) is 0 Å². The largest absolute Gasteiger partial charge is 0.397 e. The van der Waals surface area contributed by atoms with Gasteiger partial charge in [-0.2, -0.15) is 11.8 Å². The standard InChI is InChI=1S/C12H17ClN2S/c1-12(2)8-15(5-6-16-12)11-4-3-9(13)7-10(11)14/h3-4,7H,5-6,8,14H2,1-2H3. The second-order valence-corrected chi connectivity index (χ2v) is 6.97. The van der Waals surface area contributed by atoms with Gasteiger partial charge in [0.05, 0.1) is 11.4 Å². The smallest absolute Gasteiger partial charge is 0.0601 e. The Labute approximate surface area is 106 Å². The summed E-state index contributed by atoms with van der Waals surface area (Å²) in [5, 5.41) is 0.701. The number of thioether (sulfide) groups is 1. The molecule has 0 aliphatic carbocycles. The van der Waals surface area contributed by atoms with E-state index in [0.717, 1.165) is 30.2 Å². The van der Waals surface area contributed by atoms with E-state index in [0.29, 0.717) is 9.77 Å². The molecule has 1 fully saturated rings. The minimum absolute atomic E-state index is 0.296. The van der Waals surface area contributed by atoms with Crippen molar-refractivity contribution in [1.29, 1.82) is 0 Å². The highest BCUT2D eigenvalue weighted by molar-refractivity contribution is 8.00. The molecule has 1 aromatic rings. The first-order chi connectivity index (χ1) is 7.48. The molecule has 0 spiro atoms. The van der Waals surface area contributed by atoms with E-state index in [1.807, 2.05) is 30.0 Å². The van der Waals surface area contributed by atoms with Crippen LogP contribution in [0, 0.1) is 0 Å². The number of rotatable bonds is 1. The molecule has 0 amide bonds. The average molecular weight is 257 g/mol. The highest BCUT2D eigenvalue weighted by Crippen LogP contribution is 2.35. The molecule has 1 aliphatic heterocycles. The number of nitrogens with zero attached hydrogens (tertiary/aromatic N) is 1. The Morgan fingerprint density at radius 3 is 2.81 bits per heavy atom. The number of nitrogens with two attached hydrogens (primary N) is 1. The second kappa shape index (κ2) is 4.38. The third kappa shape index (κ3) is 2.58. The van der Waals surface area contributed by atoms with Crippen LogP contribution in [0.2, 0.25) is 5.02 Å². The van der Waals surface area contributed by atoms with Crippen molar-refractivity contribution in [3.63, 3.8) is 0 Å². The summed E-state index contributed by atoms with van der Waals surface area (Å²) in [6, 6.07) is 5.75. The zero-order valence-electron chi connectivity index (χ0n) is 9.66. The molecule has 88 valence electrons. The maximum absolute atomic E-state index is 6.01. The third-order valence-electron chi connectivity index (χ3n) is 2.76. The first-order valence-corrected chi connectivity index (χ1v) is 6.78. The number of nitrogen functional groups attached to an aromatic ring is 1. The molecule has 0 atom stereocenters. The molecule has 1 aromatic carbocycles. The SMILES string of the molecule is CC1(C)CN(c2ccc(Cl)cc2N)CCS1. The number of hydrogen-bond acceptors (Lipinski definition) is 3. The molecule has 0 bridgehead atoms. The van der Waals surface area contributed by atoms with E-state index in [1.54, 1.807) is 0 Å². The van der Waals surface area contributed by atoms with Gasteiger partial charge in [0.2, 0.25) is 0 Å². The van der Waals surface area contributed by atoms with Crippen LogP contribution in [0.3, 0.4) is 0 Å². The molecule has 1 saturated heterocycles. The Bertz CT molecular complexity index is 393. The van der Waals surface area contributed by atoms with Crippen LogP contribution >= 0.6 is 23.4 Å². The van der Waals surface area contributed by atoms with Crippen LogP contribution in [-0.2, 0) is 0 Å². The summed E-state index contributed by atoms with van der Waals surface area (Å²) >= 11 is 7.93. The van der Waals surface area contributed by atoms with Crippen molar-refractivity contribution < 1.29 is 0 Å². The molecule has 16 heavy (non-hydrogen) atoms. The lowest BCUT2D eigenvalue weighted by Gasteiger charge is -2.39. The van der Waals surface area contributed by atoms with Crippen LogP contribution in [0.5, 0.6) is 0 Å². The quantitative estimate of drug-likeness (QED) is 0.782. The highest BCUT2D eigenvalue weighted by Gasteiger charge is 2.27. The summed E-state index contributed by atoms with van der Waals surface area (Å²) in [6.45, 7) is 6.63. The van der Waals surface area contributed by atoms with E-state index >= 15 is 0 Å². The van der Waals surface area contributed by atoms with Crippen molar-refractivity contribution in [2.75, 3.05) is 29.5 Å². The molecular formula is C12H17ClN2S. The van der Waals surface area contributed by atoms with Gasteiger partial charge in [-0.25, -0.2) is 0 Å². The highest BCUT2D eigenvalue weighted by atomic mass is 35.5. The topological polar surface area (TPSA) is 29.3 Å². The van der Waals surface area contributed by atoms with Gasteiger partial charge in [-0.15, -0.1) is 0 Å². The zero-order valence-corrected chi connectivity index (χ0v) is 11.2. The molecule has 4 heteroatoms. The van der Waals surface area contributed by atoms with E-state index in [1.165, 1.54) is 0 Å². The summed E-state index contributed by atoms with van der Waals surface area (Å²) < 4.78 is 0.296. The van der Waals surface area contributed by atoms with Crippen molar-refractivity contribution in [2.24, 2.45) is 0 Å². The van der Waals surface area contributed by atoms with Crippen molar-refractivity contribution >= 4 is 34.7 Å². The fourth-order valence-corrected chi connectivity index (χ4v) is 3.33. The Balaban J connectivity index is 2.23. The molecule has 0 saturated carbocycles. The Kier molecular flexibility index (Phi) is 3.27. The van der Waals surface area contributed by atoms with Crippen molar-refractivity contribution in [3.05, 3.63) is 23.2 Å². The minimum atomic E-state index is 0.296. The maximum Gasteiger partial charge on any atom is 0.0601 e. The predicted octanol–water partition coefficient (Wildman–Crippen LogP) is 3.25. The lowest BCUT2D eigenvalue weighted by atomic mass is 10.1. The van der Waals surface area contributed by atoms with Crippen LogP contribution in [0.15, 0.2) is 18.2 Å². The molecule has 2 N–H and O–H groups in total. The molecule has 1 aliphatic rings. The van der Waals surface area contributed by atoms with E-state index in [9.17, 15) is 0 Å². The van der Waals surface area contributed by atoms with Gasteiger partial charge in [0.1, 0.15) is 0 Å². The first-order valence-electron chi connectivity index (χ1n) is 5.42. The van der Waals surface area contributed by atoms with Gasteiger partial charge in [0, 0.05) is 28.6 Å². The monoisotopic (exact) mass is 256 g/mol. The number of hydrogen-bond donors (Lipinski definition) is 1. The van der Waals surface area contributed by atoms with Gasteiger partial charge in [-0.3, -0.25) is 0 Å². The maximum atomic E-state index is 6.01. The summed E-state index contributed by atoms with van der Waals surface area (Å²) in [6.07, 6.45) is 0. The van der Waals surface area contributed by atoms with E-state index in [4.69, 9.17) is 17.3 Å². The fourth-order valence-electron chi connectivity index (χ4n) is 2.04. The molecule has 0 radical (unpaired) electrons. The lowest BCUT2D eigenvalue weighted by molar-refractivity contribution is 0.648. The predicted molar refractivity (Wildman–Crippen MR) is 74.6 cm³/mol. The number of halogens is 1. The van der Waals surface area contributed by atoms with E-state index < -0.39 is 0 Å². The van der Waals surface area contributed by atoms with Crippen LogP contribution in [-0.4, -0.2) is 23.6 Å². The molecule has 0 aromatic heterocycles. The van der Waals surface area contributed by atoms with E-state index in [2.05, 4.69) is 18.7 Å². The normalized spacial score (nSPS) is 19.8. The number of anilines is 2. The zero-order chi connectivity index (χ0) is 11.8. The van der Waals surface area contributed by atoms with Gasteiger partial charge >= 0.3 is 0 Å². The first kappa shape index (κ1) is 11.9. The average Bonchev–Trinajstić information content (AvgIpc) is 2.15. The summed E-state index contributed by atoms with van der Waals surface area (Å²) in [4.78, 5) is 2.35. The third-order valence-corrected chi connectivity index (χ3v) is 4.29. The summed E-state index contributed by atoms with van der Waals surface area (Å²) in [7, 11) is 0. The summed E-state index contributed by atoms with van der Waals surface area (Å²) in [5.74, 6) is 1.15. The molecule has 0 unspecified atom stereocenters. The summed E-state index contributed by atoms with van der Waals surface area (Å²) in [5.41, 5.74) is 7.89. The van der Waals surface area contributed by atoms with Crippen molar-refractivity contribution in [2.45, 2.75) is 18.6 Å². The molecule has 2 rings (SSSR count). The Morgan fingerprint density at radius 2 is 2.19 bits per heavy atom.